The smallest absolute Gasteiger partial charge is 0.191 e. The summed E-state index contributed by atoms with van der Waals surface area (Å²) < 4.78 is 5.48. The number of anilines is 1. The van der Waals surface area contributed by atoms with Crippen molar-refractivity contribution in [2.45, 2.75) is 46.7 Å². The van der Waals surface area contributed by atoms with Crippen molar-refractivity contribution in [2.24, 2.45) is 4.99 Å². The first-order valence-electron chi connectivity index (χ1n) is 11.3. The molecular weight excluding hydrogens is 412 g/mol. The van der Waals surface area contributed by atoms with Crippen LogP contribution in [0.5, 0.6) is 0 Å². The van der Waals surface area contributed by atoms with Gasteiger partial charge in [0.25, 0.3) is 0 Å². The predicted molar refractivity (Wildman–Crippen MR) is 128 cm³/mol. The minimum atomic E-state index is 0.541. The molecule has 0 spiro atoms. The number of nitrogens with one attached hydrogen (secondary N) is 2. The van der Waals surface area contributed by atoms with E-state index in [4.69, 9.17) is 21.1 Å². The summed E-state index contributed by atoms with van der Waals surface area (Å²) in [5.41, 5.74) is 4.38. The van der Waals surface area contributed by atoms with Crippen molar-refractivity contribution in [1.82, 2.24) is 20.7 Å². The van der Waals surface area contributed by atoms with Crippen LogP contribution in [0.1, 0.15) is 43.4 Å². The second-order valence-electron chi connectivity index (χ2n) is 7.81. The van der Waals surface area contributed by atoms with Gasteiger partial charge in [-0.2, -0.15) is 0 Å². The lowest BCUT2D eigenvalue weighted by molar-refractivity contribution is 0.312. The van der Waals surface area contributed by atoms with Gasteiger partial charge in [-0.05, 0) is 32.5 Å². The first-order valence-corrected chi connectivity index (χ1v) is 11.6. The van der Waals surface area contributed by atoms with Gasteiger partial charge in [-0.25, -0.2) is 4.99 Å². The zero-order valence-electron chi connectivity index (χ0n) is 19.2. The average Bonchev–Trinajstić information content (AvgIpc) is 3.18. The molecular formula is C23H35ClN6O. The van der Waals surface area contributed by atoms with Gasteiger partial charge in [0, 0.05) is 67.5 Å². The number of likely N-dealkylation sites (N-methyl/N-ethyl adjacent to an activating group) is 1. The molecule has 0 bridgehead atoms. The van der Waals surface area contributed by atoms with E-state index in [1.165, 1.54) is 5.69 Å². The third-order valence-corrected chi connectivity index (χ3v) is 6.07. The number of aryl methyl sites for hydroxylation is 2. The summed E-state index contributed by atoms with van der Waals surface area (Å²) in [4.78, 5) is 9.58. The van der Waals surface area contributed by atoms with Gasteiger partial charge in [-0.3, -0.25) is 0 Å². The van der Waals surface area contributed by atoms with E-state index in [2.05, 4.69) is 59.5 Å². The quantitative estimate of drug-likeness (QED) is 0.478. The zero-order valence-corrected chi connectivity index (χ0v) is 19.9. The van der Waals surface area contributed by atoms with Gasteiger partial charge in [0.05, 0.1) is 12.2 Å². The van der Waals surface area contributed by atoms with Gasteiger partial charge in [-0.15, -0.1) is 0 Å². The van der Waals surface area contributed by atoms with Crippen molar-refractivity contribution in [2.75, 3.05) is 44.7 Å². The number of aromatic nitrogens is 1. The molecule has 1 aromatic heterocycles. The number of piperazine rings is 1. The fourth-order valence-corrected chi connectivity index (χ4v) is 4.09. The van der Waals surface area contributed by atoms with Crippen LogP contribution in [0.4, 0.5) is 5.69 Å². The minimum Gasteiger partial charge on any atom is -0.369 e. The van der Waals surface area contributed by atoms with Crippen LogP contribution in [0.15, 0.2) is 27.7 Å². The Morgan fingerprint density at radius 2 is 1.87 bits per heavy atom. The maximum Gasteiger partial charge on any atom is 0.191 e. The number of benzene rings is 1. The third-order valence-electron chi connectivity index (χ3n) is 5.72. The Labute approximate surface area is 190 Å². The molecule has 7 nitrogen and oxygen atoms in total. The van der Waals surface area contributed by atoms with Crippen molar-refractivity contribution < 1.29 is 4.52 Å². The Morgan fingerprint density at radius 3 is 2.55 bits per heavy atom. The second kappa shape index (κ2) is 11.4. The molecule has 1 aliphatic heterocycles. The fourth-order valence-electron chi connectivity index (χ4n) is 3.85. The topological polar surface area (TPSA) is 68.9 Å². The minimum absolute atomic E-state index is 0.541. The second-order valence-corrected chi connectivity index (χ2v) is 8.22. The Morgan fingerprint density at radius 1 is 1.10 bits per heavy atom. The standard InChI is InChI=1S/C23H35ClN6O/c1-5-20-18(22(6-2)31-28-20)16-27-23(25-7-3)26-15-17-19(24)9-8-10-21(17)30-13-11-29(4)12-14-30/h8-10H,5-7,11-16H2,1-4H3,(H2,25,26,27). The highest BCUT2D eigenvalue weighted by molar-refractivity contribution is 6.31. The Kier molecular flexibility index (Phi) is 8.60. The van der Waals surface area contributed by atoms with Gasteiger partial charge in [0.1, 0.15) is 5.76 Å². The summed E-state index contributed by atoms with van der Waals surface area (Å²) in [5.74, 6) is 1.68. The van der Waals surface area contributed by atoms with Crippen LogP contribution in [-0.4, -0.2) is 55.8 Å². The van der Waals surface area contributed by atoms with Gasteiger partial charge >= 0.3 is 0 Å². The summed E-state index contributed by atoms with van der Waals surface area (Å²) >= 11 is 6.62. The number of hydrogen-bond donors (Lipinski definition) is 2. The van der Waals surface area contributed by atoms with Crippen LogP contribution >= 0.6 is 11.6 Å². The van der Waals surface area contributed by atoms with E-state index < -0.39 is 0 Å². The van der Waals surface area contributed by atoms with Crippen molar-refractivity contribution >= 4 is 23.2 Å². The average molecular weight is 447 g/mol. The van der Waals surface area contributed by atoms with Crippen LogP contribution < -0.4 is 15.5 Å². The van der Waals surface area contributed by atoms with Gasteiger partial charge < -0.3 is 25.0 Å². The molecule has 170 valence electrons. The van der Waals surface area contributed by atoms with Crippen molar-refractivity contribution in [3.8, 4) is 0 Å². The summed E-state index contributed by atoms with van der Waals surface area (Å²) in [6.45, 7) is 12.3. The molecule has 2 N–H and O–H groups in total. The summed E-state index contributed by atoms with van der Waals surface area (Å²) in [5, 5.41) is 11.8. The van der Waals surface area contributed by atoms with Gasteiger partial charge in [0.15, 0.2) is 5.96 Å². The van der Waals surface area contributed by atoms with E-state index in [1.807, 2.05) is 12.1 Å². The third kappa shape index (κ3) is 5.92. The first kappa shape index (κ1) is 23.4. The molecule has 0 saturated carbocycles. The molecule has 0 unspecified atom stereocenters. The molecule has 2 aromatic rings. The van der Waals surface area contributed by atoms with E-state index in [0.29, 0.717) is 13.1 Å². The summed E-state index contributed by atoms with van der Waals surface area (Å²) in [7, 11) is 2.17. The molecule has 1 fully saturated rings. The fraction of sp³-hybridized carbons (Fsp3) is 0.565. The number of hydrogen-bond acceptors (Lipinski definition) is 5. The van der Waals surface area contributed by atoms with Crippen molar-refractivity contribution in [1.29, 1.82) is 0 Å². The predicted octanol–water partition coefficient (Wildman–Crippen LogP) is 3.46. The number of aliphatic imine (C=N–C) groups is 1. The zero-order chi connectivity index (χ0) is 22.2. The lowest BCUT2D eigenvalue weighted by atomic mass is 10.1. The van der Waals surface area contributed by atoms with Crippen molar-refractivity contribution in [3.63, 3.8) is 0 Å². The number of nitrogens with zero attached hydrogens (tertiary/aromatic N) is 4. The molecule has 31 heavy (non-hydrogen) atoms. The highest BCUT2D eigenvalue weighted by Crippen LogP contribution is 2.28. The van der Waals surface area contributed by atoms with E-state index in [-0.39, 0.29) is 0 Å². The molecule has 2 heterocycles. The first-order chi connectivity index (χ1) is 15.1. The maximum absolute atomic E-state index is 6.62. The molecule has 1 aromatic carbocycles. The highest BCUT2D eigenvalue weighted by atomic mass is 35.5. The largest absolute Gasteiger partial charge is 0.369 e. The maximum atomic E-state index is 6.62. The summed E-state index contributed by atoms with van der Waals surface area (Å²) in [6, 6.07) is 6.15. The molecule has 0 amide bonds. The molecule has 0 atom stereocenters. The van der Waals surface area contributed by atoms with Crippen LogP contribution in [0.3, 0.4) is 0 Å². The van der Waals surface area contributed by atoms with Crippen LogP contribution in [0.2, 0.25) is 5.02 Å². The van der Waals surface area contributed by atoms with Gasteiger partial charge in [-0.1, -0.05) is 36.7 Å². The number of guanidine groups is 1. The Balaban J connectivity index is 1.75. The molecule has 3 rings (SSSR count). The Bertz CT molecular complexity index is 851. The molecule has 1 saturated heterocycles. The van der Waals surface area contributed by atoms with E-state index >= 15 is 0 Å². The molecule has 1 aliphatic rings. The van der Waals surface area contributed by atoms with Gasteiger partial charge in [0.2, 0.25) is 0 Å². The van der Waals surface area contributed by atoms with E-state index in [9.17, 15) is 0 Å². The lowest BCUT2D eigenvalue weighted by Gasteiger charge is -2.35. The monoisotopic (exact) mass is 446 g/mol. The molecule has 0 radical (unpaired) electrons. The van der Waals surface area contributed by atoms with E-state index in [1.54, 1.807) is 0 Å². The van der Waals surface area contributed by atoms with E-state index in [0.717, 1.165) is 79.1 Å². The SMILES string of the molecule is CCNC(=NCc1c(CC)noc1CC)NCc1c(Cl)cccc1N1CCN(C)CC1. The number of halogens is 1. The normalized spacial score (nSPS) is 15.4. The van der Waals surface area contributed by atoms with Crippen LogP contribution in [0, 0.1) is 0 Å². The Hall–Kier alpha value is -2.25. The van der Waals surface area contributed by atoms with Crippen LogP contribution in [-0.2, 0) is 25.9 Å². The molecule has 8 heteroatoms. The molecule has 0 aliphatic carbocycles. The highest BCUT2D eigenvalue weighted by Gasteiger charge is 2.19. The lowest BCUT2D eigenvalue weighted by Crippen LogP contribution is -2.45. The number of rotatable bonds is 8. The summed E-state index contributed by atoms with van der Waals surface area (Å²) in [6.07, 6.45) is 1.65. The van der Waals surface area contributed by atoms with Crippen molar-refractivity contribution in [3.05, 3.63) is 45.8 Å². The van der Waals surface area contributed by atoms with Crippen LogP contribution in [0.25, 0.3) is 0 Å².